The molecule has 3 heterocycles. The summed E-state index contributed by atoms with van der Waals surface area (Å²) in [4.78, 5) is 23.8. The molecule has 2 aliphatic rings. The molecular weight excluding hydrogens is 358 g/mol. The Kier molecular flexibility index (Phi) is 4.71. The molecule has 0 saturated carbocycles. The van der Waals surface area contributed by atoms with Gasteiger partial charge in [0.15, 0.2) is 11.5 Å². The molecule has 1 aromatic carbocycles. The zero-order chi connectivity index (χ0) is 19.9. The summed E-state index contributed by atoms with van der Waals surface area (Å²) >= 11 is 0. The Balaban J connectivity index is 1.70. The van der Waals surface area contributed by atoms with E-state index < -0.39 is 5.60 Å². The number of hydrogen-bond acceptors (Lipinski definition) is 6. The first-order valence-electron chi connectivity index (χ1n) is 9.60. The molecule has 7 nitrogen and oxygen atoms in total. The first kappa shape index (κ1) is 18.7. The maximum atomic E-state index is 13.1. The Labute approximate surface area is 164 Å². The van der Waals surface area contributed by atoms with Crippen LogP contribution in [-0.4, -0.2) is 51.2 Å². The molecule has 0 radical (unpaired) electrons. The summed E-state index contributed by atoms with van der Waals surface area (Å²) in [6.45, 7) is 7.36. The van der Waals surface area contributed by atoms with E-state index in [2.05, 4.69) is 9.97 Å². The van der Waals surface area contributed by atoms with E-state index >= 15 is 0 Å². The van der Waals surface area contributed by atoms with Crippen molar-refractivity contribution in [1.29, 1.82) is 0 Å². The van der Waals surface area contributed by atoms with Gasteiger partial charge in [-0.15, -0.1) is 0 Å². The highest BCUT2D eigenvalue weighted by atomic mass is 16.5. The zero-order valence-electron chi connectivity index (χ0n) is 16.5. The SMILES string of the molecule is Cc1cnc(C)c(-c2cc(O)c3c(c2)CN(C(=O)C2(C)CCCO2)CCO3)n1. The van der Waals surface area contributed by atoms with Crippen LogP contribution in [0.2, 0.25) is 0 Å². The standard InChI is InChI=1S/C21H25N3O4/c1-13-11-22-14(2)18(23-13)15-9-16-12-24(6-8-27-19(16)17(25)10-15)20(26)21(3)5-4-7-28-21/h9-11,25H,4-8,12H2,1-3H3. The van der Waals surface area contributed by atoms with Gasteiger partial charge in [-0.05, 0) is 45.7 Å². The number of rotatable bonds is 2. The fourth-order valence-corrected chi connectivity index (χ4v) is 3.90. The minimum Gasteiger partial charge on any atom is -0.504 e. The van der Waals surface area contributed by atoms with Gasteiger partial charge < -0.3 is 19.5 Å². The number of aromatic hydroxyl groups is 1. The molecule has 7 heteroatoms. The van der Waals surface area contributed by atoms with Crippen molar-refractivity contribution in [3.05, 3.63) is 35.3 Å². The lowest BCUT2D eigenvalue weighted by atomic mass is 10.00. The van der Waals surface area contributed by atoms with Crippen LogP contribution in [0.1, 0.15) is 36.7 Å². The lowest BCUT2D eigenvalue weighted by Crippen LogP contribution is -2.47. The fourth-order valence-electron chi connectivity index (χ4n) is 3.90. The van der Waals surface area contributed by atoms with Gasteiger partial charge in [0.2, 0.25) is 0 Å². The normalized spacial score (nSPS) is 21.8. The summed E-state index contributed by atoms with van der Waals surface area (Å²) in [5, 5.41) is 10.6. The first-order valence-corrected chi connectivity index (χ1v) is 9.60. The Bertz CT molecular complexity index is 922. The summed E-state index contributed by atoms with van der Waals surface area (Å²) in [5.41, 5.74) is 3.03. The van der Waals surface area contributed by atoms with Gasteiger partial charge in [-0.2, -0.15) is 0 Å². The number of benzene rings is 1. The largest absolute Gasteiger partial charge is 0.504 e. The molecule has 4 rings (SSSR count). The van der Waals surface area contributed by atoms with Crippen LogP contribution >= 0.6 is 0 Å². The van der Waals surface area contributed by atoms with E-state index in [1.165, 1.54) is 0 Å². The molecule has 1 saturated heterocycles. The quantitative estimate of drug-likeness (QED) is 0.858. The number of fused-ring (bicyclic) bond motifs is 1. The van der Waals surface area contributed by atoms with Crippen LogP contribution in [-0.2, 0) is 16.1 Å². The van der Waals surface area contributed by atoms with Crippen molar-refractivity contribution in [2.45, 2.75) is 45.8 Å². The van der Waals surface area contributed by atoms with Gasteiger partial charge in [0, 0.05) is 30.5 Å². The van der Waals surface area contributed by atoms with Crippen LogP contribution in [0.3, 0.4) is 0 Å². The van der Waals surface area contributed by atoms with E-state index in [1.807, 2.05) is 26.8 Å². The molecule has 1 fully saturated rings. The molecule has 1 N–H and O–H groups in total. The van der Waals surface area contributed by atoms with Gasteiger partial charge in [-0.1, -0.05) is 0 Å². The average Bonchev–Trinajstić information content (AvgIpc) is 2.99. The van der Waals surface area contributed by atoms with Crippen LogP contribution in [0, 0.1) is 13.8 Å². The molecule has 148 valence electrons. The lowest BCUT2D eigenvalue weighted by Gasteiger charge is -2.30. The van der Waals surface area contributed by atoms with Crippen LogP contribution in [0.15, 0.2) is 18.3 Å². The molecule has 1 aromatic heterocycles. The van der Waals surface area contributed by atoms with E-state index in [-0.39, 0.29) is 11.7 Å². The van der Waals surface area contributed by atoms with E-state index in [1.54, 1.807) is 17.2 Å². The molecule has 0 spiro atoms. The Morgan fingerprint density at radius 3 is 2.86 bits per heavy atom. The molecule has 28 heavy (non-hydrogen) atoms. The maximum absolute atomic E-state index is 13.1. The molecule has 1 amide bonds. The molecule has 0 bridgehead atoms. The molecule has 1 atom stereocenters. The summed E-state index contributed by atoms with van der Waals surface area (Å²) in [6.07, 6.45) is 3.33. The van der Waals surface area contributed by atoms with Crippen molar-refractivity contribution in [2.75, 3.05) is 19.8 Å². The van der Waals surface area contributed by atoms with Crippen molar-refractivity contribution in [3.8, 4) is 22.8 Å². The highest BCUT2D eigenvalue weighted by molar-refractivity contribution is 5.85. The summed E-state index contributed by atoms with van der Waals surface area (Å²) < 4.78 is 11.5. The van der Waals surface area contributed by atoms with Crippen LogP contribution in [0.25, 0.3) is 11.3 Å². The van der Waals surface area contributed by atoms with Gasteiger partial charge in [0.1, 0.15) is 12.2 Å². The van der Waals surface area contributed by atoms with Gasteiger partial charge in [-0.25, -0.2) is 4.98 Å². The minimum atomic E-state index is -0.775. The lowest BCUT2D eigenvalue weighted by molar-refractivity contribution is -0.151. The summed E-state index contributed by atoms with van der Waals surface area (Å²) in [7, 11) is 0. The molecular formula is C21H25N3O4. The molecule has 2 aliphatic heterocycles. The van der Waals surface area contributed by atoms with Crippen molar-refractivity contribution >= 4 is 5.91 Å². The second-order valence-corrected chi connectivity index (χ2v) is 7.69. The summed E-state index contributed by atoms with van der Waals surface area (Å²) in [5.74, 6) is 0.445. The predicted molar refractivity (Wildman–Crippen MR) is 103 cm³/mol. The van der Waals surface area contributed by atoms with Gasteiger partial charge in [-0.3, -0.25) is 9.78 Å². The van der Waals surface area contributed by atoms with Crippen LogP contribution in [0.4, 0.5) is 0 Å². The highest BCUT2D eigenvalue weighted by Gasteiger charge is 2.41. The van der Waals surface area contributed by atoms with Crippen molar-refractivity contribution in [2.24, 2.45) is 0 Å². The first-order chi connectivity index (χ1) is 13.4. The number of aryl methyl sites for hydroxylation is 2. The molecule has 2 aromatic rings. The van der Waals surface area contributed by atoms with E-state index in [0.717, 1.165) is 35.4 Å². The third-order valence-corrected chi connectivity index (χ3v) is 5.42. The number of ether oxygens (including phenoxy) is 2. The van der Waals surface area contributed by atoms with Gasteiger partial charge >= 0.3 is 0 Å². The third-order valence-electron chi connectivity index (χ3n) is 5.42. The third kappa shape index (κ3) is 3.30. The number of phenolic OH excluding ortho intramolecular Hbond substituents is 1. The van der Waals surface area contributed by atoms with Crippen LogP contribution in [0.5, 0.6) is 11.5 Å². The fraction of sp³-hybridized carbons (Fsp3) is 0.476. The number of nitrogens with zero attached hydrogens (tertiary/aromatic N) is 3. The van der Waals surface area contributed by atoms with E-state index in [9.17, 15) is 9.90 Å². The number of hydrogen-bond donors (Lipinski definition) is 1. The van der Waals surface area contributed by atoms with E-state index in [4.69, 9.17) is 9.47 Å². The average molecular weight is 383 g/mol. The number of carbonyl (C=O) groups excluding carboxylic acids is 1. The Morgan fingerprint density at radius 2 is 2.11 bits per heavy atom. The van der Waals surface area contributed by atoms with Gasteiger partial charge in [0.05, 0.1) is 23.6 Å². The maximum Gasteiger partial charge on any atom is 0.254 e. The van der Waals surface area contributed by atoms with Crippen LogP contribution < -0.4 is 4.74 Å². The number of phenols is 1. The van der Waals surface area contributed by atoms with Crippen molar-refractivity contribution < 1.29 is 19.4 Å². The van der Waals surface area contributed by atoms with Crippen molar-refractivity contribution in [1.82, 2.24) is 14.9 Å². The Hall–Kier alpha value is -2.67. The zero-order valence-corrected chi connectivity index (χ0v) is 16.5. The molecule has 0 aliphatic carbocycles. The smallest absolute Gasteiger partial charge is 0.254 e. The van der Waals surface area contributed by atoms with Gasteiger partial charge in [0.25, 0.3) is 5.91 Å². The molecule has 1 unspecified atom stereocenters. The predicted octanol–water partition coefficient (Wildman–Crippen LogP) is 2.76. The minimum absolute atomic E-state index is 0.0297. The topological polar surface area (TPSA) is 84.8 Å². The number of amides is 1. The van der Waals surface area contributed by atoms with E-state index in [0.29, 0.717) is 37.7 Å². The Morgan fingerprint density at radius 1 is 1.29 bits per heavy atom. The number of aromatic nitrogens is 2. The highest BCUT2D eigenvalue weighted by Crippen LogP contribution is 2.38. The number of carbonyl (C=O) groups is 1. The second-order valence-electron chi connectivity index (χ2n) is 7.69. The second kappa shape index (κ2) is 7.05. The van der Waals surface area contributed by atoms with Crippen molar-refractivity contribution in [3.63, 3.8) is 0 Å². The summed E-state index contributed by atoms with van der Waals surface area (Å²) in [6, 6.07) is 3.57. The monoisotopic (exact) mass is 383 g/mol.